The molecule has 0 radical (unpaired) electrons. The molecule has 7 heteroatoms. The summed E-state index contributed by atoms with van der Waals surface area (Å²) in [5.41, 5.74) is 2.25. The zero-order valence-corrected chi connectivity index (χ0v) is 13.7. The number of carboxylic acid groups (broad SMARTS) is 1. The third-order valence-electron chi connectivity index (χ3n) is 4.81. The van der Waals surface area contributed by atoms with Gasteiger partial charge in [0, 0.05) is 17.7 Å². The number of aryl methyl sites for hydroxylation is 1. The molecule has 0 aromatic carbocycles. The van der Waals surface area contributed by atoms with Crippen LogP contribution in [0.1, 0.15) is 60.3 Å². The lowest BCUT2D eigenvalue weighted by Gasteiger charge is -2.26. The molecule has 2 saturated carbocycles. The normalized spacial score (nSPS) is 18.6. The van der Waals surface area contributed by atoms with Gasteiger partial charge in [0.05, 0.1) is 16.6 Å². The number of carboxylic acids is 1. The number of aliphatic carboxylic acids is 1. The first-order valence-corrected chi connectivity index (χ1v) is 8.29. The second-order valence-corrected chi connectivity index (χ2v) is 6.77. The van der Waals surface area contributed by atoms with E-state index in [4.69, 9.17) is 4.52 Å². The second-order valence-electron chi connectivity index (χ2n) is 6.77. The molecular weight excluding hydrogens is 310 g/mol. The van der Waals surface area contributed by atoms with Crippen molar-refractivity contribution in [2.75, 3.05) is 0 Å². The summed E-state index contributed by atoms with van der Waals surface area (Å²) in [5.74, 6) is -0.907. The first-order valence-electron chi connectivity index (χ1n) is 8.29. The van der Waals surface area contributed by atoms with E-state index in [9.17, 15) is 14.7 Å². The topological polar surface area (TPSA) is 96.5 Å². The zero-order chi connectivity index (χ0) is 17.0. The van der Waals surface area contributed by atoms with E-state index in [0.29, 0.717) is 28.3 Å². The predicted molar refractivity (Wildman–Crippen MR) is 84.8 cm³/mol. The summed E-state index contributed by atoms with van der Waals surface area (Å²) < 4.78 is 5.27. The van der Waals surface area contributed by atoms with Gasteiger partial charge < -0.3 is 14.5 Å². The molecule has 2 aliphatic carbocycles. The van der Waals surface area contributed by atoms with Gasteiger partial charge in [-0.05, 0) is 45.6 Å². The van der Waals surface area contributed by atoms with Crippen molar-refractivity contribution in [3.05, 3.63) is 23.0 Å². The van der Waals surface area contributed by atoms with Crippen molar-refractivity contribution in [2.45, 2.75) is 57.5 Å². The van der Waals surface area contributed by atoms with E-state index in [1.54, 1.807) is 19.9 Å². The Labute approximate surface area is 138 Å². The van der Waals surface area contributed by atoms with Crippen LogP contribution < -0.4 is 0 Å². The summed E-state index contributed by atoms with van der Waals surface area (Å²) in [6.45, 7) is 3.32. The van der Waals surface area contributed by atoms with Crippen molar-refractivity contribution in [3.8, 4) is 0 Å². The first kappa shape index (κ1) is 15.1. The Hall–Kier alpha value is -2.44. The number of aromatic nitrogens is 2. The van der Waals surface area contributed by atoms with E-state index in [0.717, 1.165) is 31.4 Å². The number of pyridine rings is 1. The van der Waals surface area contributed by atoms with Crippen LogP contribution in [0.25, 0.3) is 11.1 Å². The fourth-order valence-electron chi connectivity index (χ4n) is 3.14. The highest BCUT2D eigenvalue weighted by Gasteiger charge is 2.40. The first-order chi connectivity index (χ1) is 11.5. The molecule has 4 rings (SSSR count). The highest BCUT2D eigenvalue weighted by Crippen LogP contribution is 2.41. The highest BCUT2D eigenvalue weighted by atomic mass is 16.5. The molecule has 0 spiro atoms. The lowest BCUT2D eigenvalue weighted by molar-refractivity contribution is -0.141. The van der Waals surface area contributed by atoms with Crippen molar-refractivity contribution in [2.24, 2.45) is 0 Å². The number of rotatable bonds is 5. The average Bonchev–Trinajstić information content (AvgIpc) is 3.45. The maximum atomic E-state index is 13.2. The van der Waals surface area contributed by atoms with E-state index >= 15 is 0 Å². The largest absolute Gasteiger partial charge is 0.480 e. The minimum absolute atomic E-state index is 0.00337. The van der Waals surface area contributed by atoms with E-state index in [1.807, 2.05) is 0 Å². The summed E-state index contributed by atoms with van der Waals surface area (Å²) in [4.78, 5) is 30.6. The number of hydrogen-bond acceptors (Lipinski definition) is 5. The minimum Gasteiger partial charge on any atom is -0.480 e. The molecule has 24 heavy (non-hydrogen) atoms. The SMILES string of the molecule is Cc1noc2nc(C3CC3)cc(C(=O)N(C3CC3)C(C)C(=O)O)c12. The van der Waals surface area contributed by atoms with Gasteiger partial charge in [0.2, 0.25) is 0 Å². The number of carbonyl (C=O) groups is 2. The number of hydrogen-bond donors (Lipinski definition) is 1. The molecular formula is C17H19N3O4. The van der Waals surface area contributed by atoms with Gasteiger partial charge in [-0.1, -0.05) is 5.16 Å². The lowest BCUT2D eigenvalue weighted by Crippen LogP contribution is -2.44. The highest BCUT2D eigenvalue weighted by molar-refractivity contribution is 6.07. The molecule has 1 N–H and O–H groups in total. The third-order valence-corrected chi connectivity index (χ3v) is 4.81. The molecule has 0 bridgehead atoms. The van der Waals surface area contributed by atoms with Crippen molar-refractivity contribution >= 4 is 23.0 Å². The van der Waals surface area contributed by atoms with E-state index < -0.39 is 12.0 Å². The molecule has 126 valence electrons. The molecule has 7 nitrogen and oxygen atoms in total. The van der Waals surface area contributed by atoms with Gasteiger partial charge in [0.25, 0.3) is 11.6 Å². The molecule has 2 fully saturated rings. The summed E-state index contributed by atoms with van der Waals surface area (Å²) in [6.07, 6.45) is 3.79. The Kier molecular flexibility index (Phi) is 3.33. The van der Waals surface area contributed by atoms with Crippen LogP contribution in [-0.4, -0.2) is 44.1 Å². The van der Waals surface area contributed by atoms with Crippen molar-refractivity contribution in [1.29, 1.82) is 0 Å². The maximum absolute atomic E-state index is 13.2. The quantitative estimate of drug-likeness (QED) is 0.905. The monoisotopic (exact) mass is 329 g/mol. The van der Waals surface area contributed by atoms with Crippen LogP contribution >= 0.6 is 0 Å². The van der Waals surface area contributed by atoms with Crippen molar-refractivity contribution < 1.29 is 19.2 Å². The second kappa shape index (κ2) is 5.29. The van der Waals surface area contributed by atoms with Gasteiger partial charge in [-0.15, -0.1) is 0 Å². The van der Waals surface area contributed by atoms with E-state index in [1.165, 1.54) is 4.90 Å². The summed E-state index contributed by atoms with van der Waals surface area (Å²) in [6, 6.07) is 0.936. The molecule has 2 aliphatic rings. The van der Waals surface area contributed by atoms with Gasteiger partial charge in [-0.3, -0.25) is 4.79 Å². The van der Waals surface area contributed by atoms with E-state index in [-0.39, 0.29) is 11.9 Å². The van der Waals surface area contributed by atoms with Gasteiger partial charge in [-0.2, -0.15) is 0 Å². The van der Waals surface area contributed by atoms with Gasteiger partial charge in [-0.25, -0.2) is 9.78 Å². The Balaban J connectivity index is 1.82. The maximum Gasteiger partial charge on any atom is 0.326 e. The smallest absolute Gasteiger partial charge is 0.326 e. The Morgan fingerprint density at radius 2 is 2.04 bits per heavy atom. The molecule has 0 saturated heterocycles. The van der Waals surface area contributed by atoms with Crippen LogP contribution in [0.3, 0.4) is 0 Å². The number of amides is 1. The molecule has 2 aromatic heterocycles. The Morgan fingerprint density at radius 1 is 1.33 bits per heavy atom. The number of fused-ring (bicyclic) bond motifs is 1. The zero-order valence-electron chi connectivity index (χ0n) is 13.7. The summed E-state index contributed by atoms with van der Waals surface area (Å²) in [5, 5.41) is 13.9. The fraction of sp³-hybridized carbons (Fsp3) is 0.529. The van der Waals surface area contributed by atoms with Crippen LogP contribution in [0.5, 0.6) is 0 Å². The van der Waals surface area contributed by atoms with Gasteiger partial charge >= 0.3 is 5.97 Å². The summed E-state index contributed by atoms with van der Waals surface area (Å²) in [7, 11) is 0. The Bertz CT molecular complexity index is 836. The number of carbonyl (C=O) groups excluding carboxylic acids is 1. The molecule has 2 heterocycles. The predicted octanol–water partition coefficient (Wildman–Crippen LogP) is 2.49. The number of nitrogens with zero attached hydrogens (tertiary/aromatic N) is 3. The van der Waals surface area contributed by atoms with Crippen LogP contribution in [0.4, 0.5) is 0 Å². The van der Waals surface area contributed by atoms with Crippen molar-refractivity contribution in [3.63, 3.8) is 0 Å². The molecule has 0 aliphatic heterocycles. The molecule has 1 unspecified atom stereocenters. The fourth-order valence-corrected chi connectivity index (χ4v) is 3.14. The lowest BCUT2D eigenvalue weighted by atomic mass is 10.1. The van der Waals surface area contributed by atoms with E-state index in [2.05, 4.69) is 10.1 Å². The van der Waals surface area contributed by atoms with Gasteiger partial charge in [0.15, 0.2) is 0 Å². The molecule has 1 amide bonds. The minimum atomic E-state index is -0.995. The average molecular weight is 329 g/mol. The third kappa shape index (κ3) is 2.44. The van der Waals surface area contributed by atoms with Crippen LogP contribution in [0.2, 0.25) is 0 Å². The van der Waals surface area contributed by atoms with Gasteiger partial charge in [0.1, 0.15) is 6.04 Å². The Morgan fingerprint density at radius 3 is 2.62 bits per heavy atom. The van der Waals surface area contributed by atoms with Crippen LogP contribution in [-0.2, 0) is 4.79 Å². The molecule has 1 atom stereocenters. The van der Waals surface area contributed by atoms with Crippen LogP contribution in [0.15, 0.2) is 10.6 Å². The standard InChI is InChI=1S/C17H19N3O4/c1-8-14-12(7-13(10-3-4-10)18-15(14)24-19-8)16(21)20(11-5-6-11)9(2)17(22)23/h7,9-11H,3-6H2,1-2H3,(H,22,23). The van der Waals surface area contributed by atoms with Crippen molar-refractivity contribution in [1.82, 2.24) is 15.0 Å². The van der Waals surface area contributed by atoms with Crippen LogP contribution in [0, 0.1) is 6.92 Å². The summed E-state index contributed by atoms with van der Waals surface area (Å²) >= 11 is 0. The molecule has 2 aromatic rings.